The monoisotopic (exact) mass is 467 g/mol. The summed E-state index contributed by atoms with van der Waals surface area (Å²) in [5.74, 6) is 1.52. The van der Waals surface area contributed by atoms with E-state index < -0.39 is 0 Å². The average molecular weight is 468 g/mol. The van der Waals surface area contributed by atoms with E-state index in [1.54, 1.807) is 6.20 Å². The quantitative estimate of drug-likeness (QED) is 0.544. The normalized spacial score (nSPS) is 21.9. The van der Waals surface area contributed by atoms with Crippen molar-refractivity contribution in [2.45, 2.75) is 58.9 Å². The number of hydrogen-bond donors (Lipinski definition) is 0. The van der Waals surface area contributed by atoms with Gasteiger partial charge in [-0.2, -0.15) is 4.98 Å². The second kappa shape index (κ2) is 9.49. The summed E-state index contributed by atoms with van der Waals surface area (Å²) >= 11 is 0. The molecule has 0 radical (unpaired) electrons. The van der Waals surface area contributed by atoms with Gasteiger partial charge in [-0.3, -0.25) is 4.79 Å². The number of hydrogen-bond acceptors (Lipinski definition) is 6. The largest absolute Gasteiger partial charge is 0.367 e. The Labute approximate surface area is 199 Å². The van der Waals surface area contributed by atoms with Crippen molar-refractivity contribution in [1.82, 2.24) is 19.6 Å². The van der Waals surface area contributed by atoms with Crippen LogP contribution < -0.4 is 10.3 Å². The first kappa shape index (κ1) is 23.0. The number of rotatable bonds is 5. The fourth-order valence-corrected chi connectivity index (χ4v) is 5.39. The molecule has 2 aliphatic rings. The molecule has 1 aliphatic carbocycles. The van der Waals surface area contributed by atoms with Crippen LogP contribution in [0.2, 0.25) is 0 Å². The highest BCUT2D eigenvalue weighted by Gasteiger charge is 2.26. The van der Waals surface area contributed by atoms with Crippen LogP contribution in [0.4, 0.5) is 10.1 Å². The van der Waals surface area contributed by atoms with E-state index in [-0.39, 0.29) is 17.2 Å². The zero-order valence-corrected chi connectivity index (χ0v) is 20.4. The molecule has 0 atom stereocenters. The number of benzene rings is 1. The second-order valence-corrected chi connectivity index (χ2v) is 9.81. The van der Waals surface area contributed by atoms with Crippen LogP contribution in [0.3, 0.4) is 0 Å². The van der Waals surface area contributed by atoms with Crippen molar-refractivity contribution in [1.29, 1.82) is 0 Å². The first-order valence-electron chi connectivity index (χ1n) is 12.7. The Hall–Kier alpha value is -2.74. The topological polar surface area (TPSA) is 67.4 Å². The third-order valence-corrected chi connectivity index (χ3v) is 7.70. The summed E-state index contributed by atoms with van der Waals surface area (Å²) in [6.07, 6.45) is 6.14. The molecule has 1 aliphatic heterocycles. The van der Waals surface area contributed by atoms with Gasteiger partial charge in [-0.15, -0.1) is 0 Å². The fourth-order valence-electron chi connectivity index (χ4n) is 5.39. The van der Waals surface area contributed by atoms with E-state index >= 15 is 4.39 Å². The maximum Gasteiger partial charge on any atom is 0.230 e. The van der Waals surface area contributed by atoms with Crippen LogP contribution in [0.5, 0.6) is 0 Å². The molecule has 1 aromatic carbocycles. The van der Waals surface area contributed by atoms with Gasteiger partial charge in [-0.1, -0.05) is 19.0 Å². The molecule has 0 unspecified atom stereocenters. The highest BCUT2D eigenvalue weighted by Crippen LogP contribution is 2.35. The van der Waals surface area contributed by atoms with Gasteiger partial charge in [0.2, 0.25) is 17.1 Å². The molecule has 1 saturated carbocycles. The number of likely N-dealkylation sites (N-methyl/N-ethyl adjacent to an activating group) is 1. The molecule has 2 fully saturated rings. The van der Waals surface area contributed by atoms with Crippen molar-refractivity contribution in [3.8, 4) is 11.4 Å². The molecule has 0 amide bonds. The lowest BCUT2D eigenvalue weighted by molar-refractivity contribution is 0.270. The van der Waals surface area contributed by atoms with Crippen LogP contribution in [0.25, 0.3) is 22.3 Å². The molecule has 3 aromatic rings. The van der Waals surface area contributed by atoms with Crippen molar-refractivity contribution in [3.63, 3.8) is 0 Å². The number of fused-ring (bicyclic) bond motifs is 1. The molecule has 0 N–H and O–H groups in total. The molecule has 1 saturated heterocycles. The predicted molar refractivity (Wildman–Crippen MR) is 132 cm³/mol. The van der Waals surface area contributed by atoms with E-state index in [9.17, 15) is 4.79 Å². The molecular weight excluding hydrogens is 433 g/mol. The van der Waals surface area contributed by atoms with E-state index in [1.165, 1.54) is 6.07 Å². The summed E-state index contributed by atoms with van der Waals surface area (Å²) in [5.41, 5.74) is 1.39. The number of piperazine rings is 1. The van der Waals surface area contributed by atoms with E-state index in [4.69, 9.17) is 4.52 Å². The van der Waals surface area contributed by atoms with Gasteiger partial charge in [-0.25, -0.2) is 4.39 Å². The molecule has 7 nitrogen and oxygen atoms in total. The molecule has 34 heavy (non-hydrogen) atoms. The maximum absolute atomic E-state index is 15.3. The highest BCUT2D eigenvalue weighted by atomic mass is 19.1. The summed E-state index contributed by atoms with van der Waals surface area (Å²) in [6, 6.07) is 3.21. The smallest absolute Gasteiger partial charge is 0.230 e. The lowest BCUT2D eigenvalue weighted by Crippen LogP contribution is -2.46. The Bertz CT molecular complexity index is 1220. The summed E-state index contributed by atoms with van der Waals surface area (Å²) in [6.45, 7) is 11.4. The van der Waals surface area contributed by atoms with Gasteiger partial charge >= 0.3 is 0 Å². The van der Waals surface area contributed by atoms with Crippen molar-refractivity contribution in [3.05, 3.63) is 40.3 Å². The van der Waals surface area contributed by atoms with Crippen LogP contribution in [0.15, 0.2) is 27.6 Å². The van der Waals surface area contributed by atoms with Gasteiger partial charge in [-0.05, 0) is 57.2 Å². The van der Waals surface area contributed by atoms with E-state index in [0.29, 0.717) is 34.9 Å². The Morgan fingerprint density at radius 1 is 1.06 bits per heavy atom. The Morgan fingerprint density at radius 3 is 2.47 bits per heavy atom. The van der Waals surface area contributed by atoms with Gasteiger partial charge in [0.15, 0.2) is 0 Å². The van der Waals surface area contributed by atoms with Crippen LogP contribution >= 0.6 is 0 Å². The van der Waals surface area contributed by atoms with Gasteiger partial charge in [0, 0.05) is 50.2 Å². The molecule has 2 aromatic heterocycles. The Morgan fingerprint density at radius 2 is 1.79 bits per heavy atom. The Balaban J connectivity index is 1.50. The van der Waals surface area contributed by atoms with Crippen LogP contribution in [-0.2, 0) is 6.54 Å². The molecule has 182 valence electrons. The molecular formula is C26H34FN5O2. The molecule has 3 heterocycles. The Kier molecular flexibility index (Phi) is 6.42. The van der Waals surface area contributed by atoms with Crippen molar-refractivity contribution < 1.29 is 8.91 Å². The van der Waals surface area contributed by atoms with Crippen molar-refractivity contribution >= 4 is 16.6 Å². The van der Waals surface area contributed by atoms with Crippen LogP contribution in [-0.4, -0.2) is 52.3 Å². The van der Waals surface area contributed by atoms with Gasteiger partial charge in [0.25, 0.3) is 0 Å². The average Bonchev–Trinajstić information content (AvgIpc) is 3.35. The standard InChI is InChI=1S/C26H34FN5O2/c1-4-30-10-12-32(13-11-30)23-15-22-19(14-21(23)27)24(33)20(16-31(22)5-2)25-28-26(34-29-25)18-8-6-17(3)7-9-18/h14-18H,4-13H2,1-3H3. The number of halogens is 1. The minimum absolute atomic E-state index is 0.250. The van der Waals surface area contributed by atoms with E-state index in [2.05, 4.69) is 33.8 Å². The summed E-state index contributed by atoms with van der Waals surface area (Å²) in [5, 5.41) is 4.50. The molecule has 0 spiro atoms. The van der Waals surface area contributed by atoms with E-state index in [0.717, 1.165) is 69.8 Å². The lowest BCUT2D eigenvalue weighted by atomic mass is 9.83. The summed E-state index contributed by atoms with van der Waals surface area (Å²) in [7, 11) is 0. The zero-order chi connectivity index (χ0) is 23.8. The SMILES string of the molecule is CCN1CCN(c2cc3c(cc2F)c(=O)c(-c2noc(C4CCC(C)CC4)n2)cn3CC)CC1. The first-order valence-corrected chi connectivity index (χ1v) is 12.7. The number of nitrogens with zero attached hydrogens (tertiary/aromatic N) is 5. The third-order valence-electron chi connectivity index (χ3n) is 7.70. The first-order chi connectivity index (χ1) is 16.5. The third kappa shape index (κ3) is 4.24. The molecule has 8 heteroatoms. The molecule has 5 rings (SSSR count). The summed E-state index contributed by atoms with van der Waals surface area (Å²) in [4.78, 5) is 22.5. The fraction of sp³-hybridized carbons (Fsp3) is 0.577. The lowest BCUT2D eigenvalue weighted by Gasteiger charge is -2.35. The predicted octanol–water partition coefficient (Wildman–Crippen LogP) is 4.65. The number of pyridine rings is 1. The van der Waals surface area contributed by atoms with Gasteiger partial charge in [0.1, 0.15) is 5.82 Å². The molecule has 0 bridgehead atoms. The minimum atomic E-state index is -0.362. The number of aryl methyl sites for hydroxylation is 1. The van der Waals surface area contributed by atoms with Gasteiger partial charge in [0.05, 0.1) is 16.8 Å². The van der Waals surface area contributed by atoms with Crippen LogP contribution in [0.1, 0.15) is 58.3 Å². The van der Waals surface area contributed by atoms with Crippen molar-refractivity contribution in [2.24, 2.45) is 5.92 Å². The number of aromatic nitrogens is 3. The number of anilines is 1. The van der Waals surface area contributed by atoms with Crippen LogP contribution in [0, 0.1) is 11.7 Å². The maximum atomic E-state index is 15.3. The summed E-state index contributed by atoms with van der Waals surface area (Å²) < 4.78 is 22.8. The minimum Gasteiger partial charge on any atom is -0.367 e. The van der Waals surface area contributed by atoms with Gasteiger partial charge < -0.3 is 18.9 Å². The van der Waals surface area contributed by atoms with Crippen molar-refractivity contribution in [2.75, 3.05) is 37.6 Å². The zero-order valence-electron chi connectivity index (χ0n) is 20.4. The second-order valence-electron chi connectivity index (χ2n) is 9.81. The van der Waals surface area contributed by atoms with E-state index in [1.807, 2.05) is 17.6 Å². The highest BCUT2D eigenvalue weighted by molar-refractivity contribution is 5.86.